The van der Waals surface area contributed by atoms with E-state index >= 15 is 0 Å². The van der Waals surface area contributed by atoms with Crippen LogP contribution >= 0.6 is 0 Å². The number of nitrogens with one attached hydrogen (secondary N) is 1. The molecule has 0 saturated carbocycles. The topological polar surface area (TPSA) is 82.3 Å². The van der Waals surface area contributed by atoms with Crippen molar-refractivity contribution in [3.05, 3.63) is 29.8 Å². The highest BCUT2D eigenvalue weighted by Crippen LogP contribution is 2.31. The molecule has 0 radical (unpaired) electrons. The summed E-state index contributed by atoms with van der Waals surface area (Å²) in [4.78, 5) is 11.3. The Kier molecular flexibility index (Phi) is 3.21. The van der Waals surface area contributed by atoms with Gasteiger partial charge in [-0.1, -0.05) is 12.1 Å². The number of carboxylic acids is 1. The van der Waals surface area contributed by atoms with E-state index in [0.717, 1.165) is 0 Å². The smallest absolute Gasteiger partial charge is 0.313 e. The Morgan fingerprint density at radius 1 is 1.61 bits per heavy atom. The van der Waals surface area contributed by atoms with Crippen molar-refractivity contribution in [1.29, 1.82) is 5.26 Å². The van der Waals surface area contributed by atoms with Gasteiger partial charge in [-0.2, -0.15) is 5.26 Å². The van der Waals surface area contributed by atoms with Gasteiger partial charge in [0.15, 0.2) is 0 Å². The van der Waals surface area contributed by atoms with Crippen molar-refractivity contribution in [2.45, 2.75) is 13.0 Å². The summed E-state index contributed by atoms with van der Waals surface area (Å²) in [5, 5.41) is 21.4. The van der Waals surface area contributed by atoms with Gasteiger partial charge in [-0.3, -0.25) is 4.79 Å². The number of rotatable bonds is 3. The quantitative estimate of drug-likeness (QED) is 0.843. The summed E-state index contributed by atoms with van der Waals surface area (Å²) >= 11 is 0. The van der Waals surface area contributed by atoms with Gasteiger partial charge in [-0.15, -0.1) is 0 Å². The molecule has 1 aromatic carbocycles. The van der Waals surface area contributed by atoms with Gasteiger partial charge in [-0.05, 0) is 19.1 Å². The van der Waals surface area contributed by atoms with E-state index in [4.69, 9.17) is 10.00 Å². The van der Waals surface area contributed by atoms with E-state index in [2.05, 4.69) is 11.4 Å². The van der Waals surface area contributed by atoms with Gasteiger partial charge in [0.25, 0.3) is 0 Å². The lowest BCUT2D eigenvalue weighted by Crippen LogP contribution is -2.43. The first-order valence-electron chi connectivity index (χ1n) is 5.65. The van der Waals surface area contributed by atoms with E-state index in [1.165, 1.54) is 0 Å². The summed E-state index contributed by atoms with van der Waals surface area (Å²) in [5.74, 6) is -0.896. The second kappa shape index (κ2) is 4.67. The van der Waals surface area contributed by atoms with Gasteiger partial charge < -0.3 is 15.2 Å². The van der Waals surface area contributed by atoms with E-state index in [1.807, 2.05) is 0 Å². The number of benzene rings is 1. The van der Waals surface area contributed by atoms with Crippen LogP contribution in [0.25, 0.3) is 0 Å². The summed E-state index contributed by atoms with van der Waals surface area (Å²) in [6.45, 7) is 2.15. The van der Waals surface area contributed by atoms with Gasteiger partial charge in [0, 0.05) is 0 Å². The molecule has 2 atom stereocenters. The monoisotopic (exact) mass is 246 g/mol. The van der Waals surface area contributed by atoms with E-state index in [9.17, 15) is 9.90 Å². The number of carboxylic acid groups (broad SMARTS) is 1. The van der Waals surface area contributed by atoms with Gasteiger partial charge in [0.1, 0.15) is 11.5 Å². The summed E-state index contributed by atoms with van der Waals surface area (Å²) in [5.41, 5.74) is 0.169. The fraction of sp³-hybridized carbons (Fsp3) is 0.385. The fourth-order valence-corrected chi connectivity index (χ4v) is 1.98. The number of nitrogens with zero attached hydrogens (tertiary/aromatic N) is 1. The lowest BCUT2D eigenvalue weighted by atomic mass is 9.85. The zero-order valence-corrected chi connectivity index (χ0v) is 10.0. The lowest BCUT2D eigenvalue weighted by Gasteiger charge is -2.26. The van der Waals surface area contributed by atoms with Crippen molar-refractivity contribution < 1.29 is 14.6 Å². The fourth-order valence-electron chi connectivity index (χ4n) is 1.98. The molecule has 0 aromatic heterocycles. The largest absolute Gasteiger partial charge is 0.481 e. The van der Waals surface area contributed by atoms with Crippen molar-refractivity contribution in [2.75, 3.05) is 18.5 Å². The molecule has 0 aliphatic carbocycles. The van der Waals surface area contributed by atoms with Crippen LogP contribution in [0, 0.1) is 16.7 Å². The molecule has 5 heteroatoms. The van der Waals surface area contributed by atoms with Crippen molar-refractivity contribution in [2.24, 2.45) is 5.41 Å². The second-order valence-corrected chi connectivity index (χ2v) is 4.59. The van der Waals surface area contributed by atoms with Crippen molar-refractivity contribution in [3.63, 3.8) is 0 Å². The molecule has 1 saturated heterocycles. The van der Waals surface area contributed by atoms with Crippen LogP contribution in [0.5, 0.6) is 0 Å². The summed E-state index contributed by atoms with van der Waals surface area (Å²) in [6.07, 6.45) is 0. The third kappa shape index (κ3) is 2.03. The Balaban J connectivity index is 2.24. The molecule has 1 aliphatic heterocycles. The Bertz CT molecular complexity index is 509. The minimum absolute atomic E-state index is 0.175. The van der Waals surface area contributed by atoms with Gasteiger partial charge in [0.05, 0.1) is 30.5 Å². The molecule has 0 bridgehead atoms. The van der Waals surface area contributed by atoms with Crippen LogP contribution in [0.2, 0.25) is 0 Å². The highest BCUT2D eigenvalue weighted by atomic mass is 16.5. The molecule has 2 rings (SSSR count). The Morgan fingerprint density at radius 2 is 2.33 bits per heavy atom. The highest BCUT2D eigenvalue weighted by Gasteiger charge is 2.46. The van der Waals surface area contributed by atoms with Crippen LogP contribution < -0.4 is 5.32 Å². The third-order valence-electron chi connectivity index (χ3n) is 3.32. The maximum Gasteiger partial charge on any atom is 0.313 e. The van der Waals surface area contributed by atoms with Crippen molar-refractivity contribution >= 4 is 11.7 Å². The molecule has 0 amide bonds. The van der Waals surface area contributed by atoms with Gasteiger partial charge >= 0.3 is 5.97 Å². The maximum absolute atomic E-state index is 11.3. The normalized spacial score (nSPS) is 26.6. The molecule has 1 heterocycles. The zero-order chi connectivity index (χ0) is 13.2. The van der Waals surface area contributed by atoms with Gasteiger partial charge in [0.2, 0.25) is 0 Å². The van der Waals surface area contributed by atoms with Crippen LogP contribution in [0.4, 0.5) is 5.69 Å². The summed E-state index contributed by atoms with van der Waals surface area (Å²) in [6, 6.07) is 8.76. The molecule has 18 heavy (non-hydrogen) atoms. The number of ether oxygens (including phenoxy) is 1. The van der Waals surface area contributed by atoms with Crippen LogP contribution in [-0.2, 0) is 9.53 Å². The third-order valence-corrected chi connectivity index (χ3v) is 3.32. The van der Waals surface area contributed by atoms with Crippen molar-refractivity contribution in [3.8, 4) is 6.07 Å². The number of hydrogen-bond acceptors (Lipinski definition) is 4. The number of anilines is 1. The summed E-state index contributed by atoms with van der Waals surface area (Å²) < 4.78 is 5.25. The SMILES string of the molecule is CC1(C(=O)O)COCC1Nc1ccccc1C#N. The molecule has 2 N–H and O–H groups in total. The predicted octanol–water partition coefficient (Wildman–Crippen LogP) is 1.46. The minimum atomic E-state index is -0.970. The van der Waals surface area contributed by atoms with E-state index in [-0.39, 0.29) is 12.6 Å². The maximum atomic E-state index is 11.3. The van der Waals surface area contributed by atoms with E-state index in [0.29, 0.717) is 17.9 Å². The standard InChI is InChI=1S/C13H14N2O3/c1-13(12(16)17)8-18-7-11(13)15-10-5-3-2-4-9(10)6-14/h2-5,11,15H,7-8H2,1H3,(H,16,17). The first-order valence-corrected chi connectivity index (χ1v) is 5.65. The average Bonchev–Trinajstić information content (AvgIpc) is 2.73. The second-order valence-electron chi connectivity index (χ2n) is 4.59. The molecule has 1 aliphatic rings. The Morgan fingerprint density at radius 3 is 3.00 bits per heavy atom. The Labute approximate surface area is 105 Å². The molecule has 2 unspecified atom stereocenters. The highest BCUT2D eigenvalue weighted by molar-refractivity contribution is 5.77. The molecule has 94 valence electrons. The first-order chi connectivity index (χ1) is 8.58. The average molecular weight is 246 g/mol. The number of aliphatic carboxylic acids is 1. The number of carbonyl (C=O) groups is 1. The van der Waals surface area contributed by atoms with E-state index in [1.54, 1.807) is 31.2 Å². The van der Waals surface area contributed by atoms with Gasteiger partial charge in [-0.25, -0.2) is 0 Å². The molecule has 1 fully saturated rings. The number of para-hydroxylation sites is 1. The zero-order valence-electron chi connectivity index (χ0n) is 10.0. The number of hydrogen-bond donors (Lipinski definition) is 2. The molecule has 1 aromatic rings. The Hall–Kier alpha value is -2.06. The molecular weight excluding hydrogens is 232 g/mol. The van der Waals surface area contributed by atoms with Crippen LogP contribution in [0.15, 0.2) is 24.3 Å². The van der Waals surface area contributed by atoms with Crippen LogP contribution in [0.1, 0.15) is 12.5 Å². The first kappa shape index (κ1) is 12.4. The van der Waals surface area contributed by atoms with Crippen molar-refractivity contribution in [1.82, 2.24) is 0 Å². The van der Waals surface area contributed by atoms with Crippen LogP contribution in [-0.4, -0.2) is 30.3 Å². The summed E-state index contributed by atoms with van der Waals surface area (Å²) in [7, 11) is 0. The predicted molar refractivity (Wildman–Crippen MR) is 65.1 cm³/mol. The van der Waals surface area contributed by atoms with Crippen LogP contribution in [0.3, 0.4) is 0 Å². The van der Waals surface area contributed by atoms with E-state index < -0.39 is 11.4 Å². The molecule has 5 nitrogen and oxygen atoms in total. The number of nitriles is 1. The molecular formula is C13H14N2O3. The lowest BCUT2D eigenvalue weighted by molar-refractivity contribution is -0.148. The molecule has 0 spiro atoms. The minimum Gasteiger partial charge on any atom is -0.481 e.